The van der Waals surface area contributed by atoms with Crippen molar-refractivity contribution in [2.45, 2.75) is 32.9 Å². The molecule has 2 amide bonds. The third-order valence-corrected chi connectivity index (χ3v) is 5.64. The quantitative estimate of drug-likeness (QED) is 0.432. The van der Waals surface area contributed by atoms with Crippen LogP contribution < -0.4 is 26.0 Å². The molecule has 9 nitrogen and oxygen atoms in total. The van der Waals surface area contributed by atoms with Crippen molar-refractivity contribution in [1.82, 2.24) is 20.6 Å². The van der Waals surface area contributed by atoms with Crippen LogP contribution in [0.25, 0.3) is 0 Å². The summed E-state index contributed by atoms with van der Waals surface area (Å²) >= 11 is 0. The van der Waals surface area contributed by atoms with E-state index in [2.05, 4.69) is 31.2 Å². The molecular weight excluding hydrogens is 432 g/mol. The maximum atomic E-state index is 12.9. The first-order chi connectivity index (χ1) is 16.5. The van der Waals surface area contributed by atoms with Gasteiger partial charge in [-0.15, -0.1) is 0 Å². The fraction of sp³-hybridized carbons (Fsp3) is 0.280. The molecule has 34 heavy (non-hydrogen) atoms. The van der Waals surface area contributed by atoms with Crippen molar-refractivity contribution in [1.29, 1.82) is 0 Å². The van der Waals surface area contributed by atoms with Crippen LogP contribution in [0.4, 0.5) is 23.0 Å². The number of aromatic nitrogens is 2. The van der Waals surface area contributed by atoms with E-state index in [-0.39, 0.29) is 24.3 Å². The van der Waals surface area contributed by atoms with Gasteiger partial charge in [-0.3, -0.25) is 9.59 Å². The van der Waals surface area contributed by atoms with Gasteiger partial charge in [0.1, 0.15) is 29.8 Å². The summed E-state index contributed by atoms with van der Waals surface area (Å²) in [5.74, 6) is 1.19. The highest BCUT2D eigenvalue weighted by Gasteiger charge is 2.26. The summed E-state index contributed by atoms with van der Waals surface area (Å²) in [5, 5.41) is 12.3. The topological polar surface area (TPSA) is 117 Å². The van der Waals surface area contributed by atoms with Crippen molar-refractivity contribution in [2.75, 3.05) is 17.2 Å². The third kappa shape index (κ3) is 6.00. The predicted molar refractivity (Wildman–Crippen MR) is 130 cm³/mol. The van der Waals surface area contributed by atoms with Crippen LogP contribution >= 0.6 is 0 Å². The normalized spacial score (nSPS) is 17.3. The van der Waals surface area contributed by atoms with Crippen LogP contribution in [0.1, 0.15) is 25.8 Å². The van der Waals surface area contributed by atoms with Crippen molar-refractivity contribution in [2.24, 2.45) is 5.92 Å². The highest BCUT2D eigenvalue weighted by atomic mass is 16.5. The van der Waals surface area contributed by atoms with Gasteiger partial charge >= 0.3 is 0 Å². The largest absolute Gasteiger partial charge is 0.484 e. The standard InChI is InChI=1S/C25H28N6O3/c1-3-16(2)24-25(33)26-13-17-5-4-6-19(11-17)30-22-12-21(27-15-28-22)29-18-7-9-20(10-8-18)34-14-23(32)31-24/h4-12,15-16,24H,3,13-14H2,1-2H3,(H,26,33)(H,31,32)(H2,27,28,29,30). The molecule has 3 heterocycles. The number of nitrogens with one attached hydrogen (secondary N) is 4. The van der Waals surface area contributed by atoms with E-state index in [1.54, 1.807) is 18.2 Å². The summed E-state index contributed by atoms with van der Waals surface area (Å²) in [6.45, 7) is 4.07. The number of amides is 2. The Bertz CT molecular complexity index is 1150. The zero-order chi connectivity index (χ0) is 23.9. The van der Waals surface area contributed by atoms with Crippen molar-refractivity contribution < 1.29 is 14.3 Å². The summed E-state index contributed by atoms with van der Waals surface area (Å²) in [6, 6.07) is 16.0. The first kappa shape index (κ1) is 23.0. The van der Waals surface area contributed by atoms with E-state index < -0.39 is 6.04 Å². The Morgan fingerprint density at radius 2 is 1.74 bits per heavy atom. The van der Waals surface area contributed by atoms with Gasteiger partial charge in [-0.1, -0.05) is 32.4 Å². The van der Waals surface area contributed by atoms with Gasteiger partial charge in [0.25, 0.3) is 5.91 Å². The number of anilines is 4. The van der Waals surface area contributed by atoms with Gasteiger partial charge in [0.15, 0.2) is 6.61 Å². The molecule has 6 bridgehead atoms. The first-order valence-electron chi connectivity index (χ1n) is 11.2. The van der Waals surface area contributed by atoms with Gasteiger partial charge in [-0.25, -0.2) is 9.97 Å². The minimum atomic E-state index is -0.654. The van der Waals surface area contributed by atoms with E-state index in [4.69, 9.17) is 4.74 Å². The number of nitrogens with zero attached hydrogens (tertiary/aromatic N) is 2. The van der Waals surface area contributed by atoms with Crippen molar-refractivity contribution in [3.05, 3.63) is 66.5 Å². The maximum Gasteiger partial charge on any atom is 0.258 e. The van der Waals surface area contributed by atoms with Crippen LogP contribution in [-0.4, -0.2) is 34.4 Å². The van der Waals surface area contributed by atoms with Crippen LogP contribution in [0.3, 0.4) is 0 Å². The molecule has 2 aliphatic rings. The van der Waals surface area contributed by atoms with E-state index >= 15 is 0 Å². The maximum absolute atomic E-state index is 12.9. The van der Waals surface area contributed by atoms with E-state index in [9.17, 15) is 9.59 Å². The number of fused-ring (bicyclic) bond motifs is 9. The lowest BCUT2D eigenvalue weighted by molar-refractivity contribution is -0.131. The second-order valence-electron chi connectivity index (χ2n) is 8.20. The van der Waals surface area contributed by atoms with Crippen LogP contribution in [0.15, 0.2) is 60.9 Å². The molecule has 0 fully saturated rings. The Balaban J connectivity index is 1.62. The molecule has 4 N–H and O–H groups in total. The molecule has 2 aromatic carbocycles. The summed E-state index contributed by atoms with van der Waals surface area (Å²) < 4.78 is 5.62. The SMILES string of the molecule is CCC(C)C1NC(=O)COc2ccc(cc2)Nc2cc(ncn2)Nc2cccc(c2)CNC1=O. The van der Waals surface area contributed by atoms with Crippen LogP contribution in [0, 0.1) is 5.92 Å². The summed E-state index contributed by atoms with van der Waals surface area (Å²) in [7, 11) is 0. The molecule has 0 saturated carbocycles. The average Bonchev–Trinajstić information content (AvgIpc) is 2.85. The number of carbonyl (C=O) groups is 2. The Morgan fingerprint density at radius 3 is 2.47 bits per heavy atom. The van der Waals surface area contributed by atoms with E-state index in [1.807, 2.05) is 50.2 Å². The van der Waals surface area contributed by atoms with Gasteiger partial charge < -0.3 is 26.0 Å². The molecule has 0 aliphatic carbocycles. The molecule has 1 aromatic heterocycles. The van der Waals surface area contributed by atoms with E-state index in [1.165, 1.54) is 6.33 Å². The zero-order valence-corrected chi connectivity index (χ0v) is 19.2. The highest BCUT2D eigenvalue weighted by molar-refractivity contribution is 5.88. The van der Waals surface area contributed by atoms with Gasteiger partial charge in [-0.05, 0) is 47.9 Å². The summed E-state index contributed by atoms with van der Waals surface area (Å²) in [4.78, 5) is 34.0. The van der Waals surface area contributed by atoms with Crippen LogP contribution in [0.5, 0.6) is 5.75 Å². The number of benzene rings is 2. The summed E-state index contributed by atoms with van der Waals surface area (Å²) in [6.07, 6.45) is 2.22. The number of hydrogen-bond acceptors (Lipinski definition) is 7. The van der Waals surface area contributed by atoms with Gasteiger partial charge in [0.2, 0.25) is 5.91 Å². The molecule has 176 valence electrons. The molecule has 0 radical (unpaired) electrons. The molecule has 3 aromatic rings. The monoisotopic (exact) mass is 460 g/mol. The zero-order valence-electron chi connectivity index (χ0n) is 19.2. The summed E-state index contributed by atoms with van der Waals surface area (Å²) in [5.41, 5.74) is 2.56. The minimum absolute atomic E-state index is 0.0351. The fourth-order valence-electron chi connectivity index (χ4n) is 3.55. The van der Waals surface area contributed by atoms with Gasteiger partial charge in [-0.2, -0.15) is 0 Å². The number of ether oxygens (including phenoxy) is 1. The molecule has 0 saturated heterocycles. The van der Waals surface area contributed by atoms with Gasteiger partial charge in [0, 0.05) is 24.0 Å². The first-order valence-corrected chi connectivity index (χ1v) is 11.2. The number of carbonyl (C=O) groups excluding carboxylic acids is 2. The molecule has 2 aliphatic heterocycles. The Morgan fingerprint density at radius 1 is 1.00 bits per heavy atom. The van der Waals surface area contributed by atoms with E-state index in [0.717, 1.165) is 23.4 Å². The lowest BCUT2D eigenvalue weighted by Crippen LogP contribution is -2.51. The Hall–Kier alpha value is -4.14. The Kier molecular flexibility index (Phi) is 7.22. The second-order valence-corrected chi connectivity index (χ2v) is 8.20. The number of hydrogen-bond donors (Lipinski definition) is 4. The smallest absolute Gasteiger partial charge is 0.258 e. The van der Waals surface area contributed by atoms with E-state index in [0.29, 0.717) is 23.9 Å². The van der Waals surface area contributed by atoms with Crippen molar-refractivity contribution in [3.8, 4) is 5.75 Å². The highest BCUT2D eigenvalue weighted by Crippen LogP contribution is 2.22. The van der Waals surface area contributed by atoms with Crippen molar-refractivity contribution in [3.63, 3.8) is 0 Å². The van der Waals surface area contributed by atoms with Gasteiger partial charge in [0.05, 0.1) is 0 Å². The molecule has 9 heteroatoms. The molecular formula is C25H28N6O3. The Labute approximate surface area is 198 Å². The van der Waals surface area contributed by atoms with Crippen molar-refractivity contribution >= 4 is 34.8 Å². The molecule has 2 atom stereocenters. The minimum Gasteiger partial charge on any atom is -0.484 e. The number of rotatable bonds is 2. The molecule has 5 rings (SSSR count). The fourth-order valence-corrected chi connectivity index (χ4v) is 3.55. The third-order valence-electron chi connectivity index (χ3n) is 5.64. The molecule has 0 spiro atoms. The van der Waals surface area contributed by atoms with Crippen LogP contribution in [0.2, 0.25) is 0 Å². The predicted octanol–water partition coefficient (Wildman–Crippen LogP) is 3.50. The lowest BCUT2D eigenvalue weighted by Gasteiger charge is -2.23. The lowest BCUT2D eigenvalue weighted by atomic mass is 9.98. The van der Waals surface area contributed by atoms with Crippen LogP contribution in [-0.2, 0) is 16.1 Å². The average molecular weight is 461 g/mol. The second kappa shape index (κ2) is 10.7. The molecule has 2 unspecified atom stereocenters.